The quantitative estimate of drug-likeness (QED) is 0.790. The zero-order valence-electron chi connectivity index (χ0n) is 12.0. The highest BCUT2D eigenvalue weighted by Crippen LogP contribution is 2.26. The van der Waals surface area contributed by atoms with Crippen molar-refractivity contribution >= 4 is 26.0 Å². The van der Waals surface area contributed by atoms with E-state index in [1.807, 2.05) is 13.8 Å². The third-order valence-corrected chi connectivity index (χ3v) is 5.09. The van der Waals surface area contributed by atoms with E-state index in [2.05, 4.69) is 20.7 Å². The lowest BCUT2D eigenvalue weighted by Crippen LogP contribution is -2.41. The molecule has 4 nitrogen and oxygen atoms in total. The summed E-state index contributed by atoms with van der Waals surface area (Å²) in [5, 5.41) is 10.1. The number of nitrogens with one attached hydrogen (secondary N) is 1. The molecule has 0 saturated heterocycles. The molecule has 1 atom stereocenters. The Kier molecular flexibility index (Phi) is 5.88. The zero-order chi connectivity index (χ0) is 16.4. The molecular weight excluding hydrogens is 368 g/mol. The van der Waals surface area contributed by atoms with Crippen LogP contribution in [0.4, 0.5) is 8.78 Å². The summed E-state index contributed by atoms with van der Waals surface area (Å²) in [6, 6.07) is 1.36. The van der Waals surface area contributed by atoms with Crippen LogP contribution >= 0.6 is 15.9 Å². The third kappa shape index (κ3) is 5.28. The first-order valence-electron chi connectivity index (χ1n) is 6.31. The van der Waals surface area contributed by atoms with Crippen molar-refractivity contribution in [2.75, 3.05) is 6.54 Å². The summed E-state index contributed by atoms with van der Waals surface area (Å²) in [5.74, 6) is -1.91. The van der Waals surface area contributed by atoms with Crippen molar-refractivity contribution < 1.29 is 22.3 Å². The average Bonchev–Trinajstić information content (AvgIpc) is 2.23. The van der Waals surface area contributed by atoms with Gasteiger partial charge in [0, 0.05) is 17.1 Å². The van der Waals surface area contributed by atoms with Gasteiger partial charge in [-0.05, 0) is 41.3 Å². The second-order valence-electron chi connectivity index (χ2n) is 5.62. The molecule has 0 heterocycles. The van der Waals surface area contributed by atoms with Crippen LogP contribution in [0.2, 0.25) is 0 Å². The van der Waals surface area contributed by atoms with Gasteiger partial charge >= 0.3 is 0 Å². The van der Waals surface area contributed by atoms with E-state index < -0.39 is 32.2 Å². The molecule has 0 fully saturated rings. The highest BCUT2D eigenvalue weighted by molar-refractivity contribution is 9.10. The van der Waals surface area contributed by atoms with Gasteiger partial charge in [0.25, 0.3) is 0 Å². The molecule has 0 saturated carbocycles. The van der Waals surface area contributed by atoms with Crippen LogP contribution in [0.25, 0.3) is 0 Å². The number of sulfonamides is 1. The van der Waals surface area contributed by atoms with E-state index in [0.29, 0.717) is 12.5 Å². The van der Waals surface area contributed by atoms with E-state index in [0.717, 1.165) is 6.07 Å². The molecule has 8 heteroatoms. The fourth-order valence-electron chi connectivity index (χ4n) is 2.06. The Labute approximate surface area is 131 Å². The molecule has 0 bridgehead atoms. The topological polar surface area (TPSA) is 66.4 Å². The molecule has 1 rings (SSSR count). The molecule has 0 aliphatic heterocycles. The van der Waals surface area contributed by atoms with Gasteiger partial charge in [0.2, 0.25) is 10.0 Å². The molecular formula is C13H18BrF2NO3S. The van der Waals surface area contributed by atoms with E-state index in [9.17, 15) is 22.3 Å². The molecule has 1 aromatic carbocycles. The summed E-state index contributed by atoms with van der Waals surface area (Å²) in [6.45, 7) is 5.00. The van der Waals surface area contributed by atoms with Crippen molar-refractivity contribution in [1.82, 2.24) is 4.72 Å². The van der Waals surface area contributed by atoms with Crippen molar-refractivity contribution in [3.05, 3.63) is 28.2 Å². The van der Waals surface area contributed by atoms with Crippen LogP contribution < -0.4 is 4.72 Å². The van der Waals surface area contributed by atoms with Gasteiger partial charge in [-0.15, -0.1) is 0 Å². The van der Waals surface area contributed by atoms with E-state index >= 15 is 0 Å². The number of halogens is 3. The lowest BCUT2D eigenvalue weighted by molar-refractivity contribution is 0.0436. The summed E-state index contributed by atoms with van der Waals surface area (Å²) in [7, 11) is -4.21. The van der Waals surface area contributed by atoms with Crippen LogP contribution in [-0.2, 0) is 10.0 Å². The Morgan fingerprint density at radius 3 is 2.43 bits per heavy atom. The van der Waals surface area contributed by atoms with Crippen molar-refractivity contribution in [3.8, 4) is 0 Å². The van der Waals surface area contributed by atoms with Crippen LogP contribution in [0.5, 0.6) is 0 Å². The number of hydrogen-bond acceptors (Lipinski definition) is 3. The number of aliphatic hydroxyl groups is 1. The summed E-state index contributed by atoms with van der Waals surface area (Å²) in [6.07, 6.45) is 0.378. The maximum Gasteiger partial charge on any atom is 0.244 e. The lowest BCUT2D eigenvalue weighted by atomic mass is 9.95. The van der Waals surface area contributed by atoms with Crippen LogP contribution in [0.3, 0.4) is 0 Å². The first-order chi connectivity index (χ1) is 9.44. The predicted octanol–water partition coefficient (Wildman–Crippen LogP) is 2.80. The van der Waals surface area contributed by atoms with Gasteiger partial charge < -0.3 is 5.11 Å². The van der Waals surface area contributed by atoms with Gasteiger partial charge in [0.15, 0.2) is 0 Å². The SMILES string of the molecule is CC(C)CC(C)(O)CNS(=O)(=O)c1c(F)cc(F)cc1Br. The minimum atomic E-state index is -4.21. The molecule has 120 valence electrons. The van der Waals surface area contributed by atoms with Gasteiger partial charge in [0.05, 0.1) is 5.60 Å². The third-order valence-electron chi connectivity index (χ3n) is 2.72. The largest absolute Gasteiger partial charge is 0.389 e. The van der Waals surface area contributed by atoms with Gasteiger partial charge in [0.1, 0.15) is 16.5 Å². The van der Waals surface area contributed by atoms with E-state index in [1.165, 1.54) is 6.92 Å². The molecule has 0 aromatic heterocycles. The fourth-order valence-corrected chi connectivity index (χ4v) is 4.38. The second kappa shape index (κ2) is 6.68. The summed E-state index contributed by atoms with van der Waals surface area (Å²) in [5.41, 5.74) is -1.26. The minimum Gasteiger partial charge on any atom is -0.389 e. The maximum atomic E-state index is 13.7. The Morgan fingerprint density at radius 2 is 1.95 bits per heavy atom. The number of benzene rings is 1. The zero-order valence-corrected chi connectivity index (χ0v) is 14.4. The molecule has 1 aromatic rings. The monoisotopic (exact) mass is 385 g/mol. The normalized spacial score (nSPS) is 15.2. The Balaban J connectivity index is 2.98. The van der Waals surface area contributed by atoms with E-state index in [1.54, 1.807) is 0 Å². The summed E-state index contributed by atoms with van der Waals surface area (Å²) in [4.78, 5) is -0.677. The minimum absolute atomic E-state index is 0.166. The van der Waals surface area contributed by atoms with Gasteiger partial charge in [-0.1, -0.05) is 13.8 Å². The average molecular weight is 386 g/mol. The molecule has 2 N–H and O–H groups in total. The standard InChI is InChI=1S/C13H18BrF2NO3S/c1-8(2)6-13(3,18)7-17-21(19,20)12-10(14)4-9(15)5-11(12)16/h4-5,8,17-18H,6-7H2,1-3H3. The summed E-state index contributed by atoms with van der Waals surface area (Å²) >= 11 is 2.83. The second-order valence-corrected chi connectivity index (χ2v) is 8.18. The maximum absolute atomic E-state index is 13.7. The Hall–Kier alpha value is -0.570. The van der Waals surface area contributed by atoms with Crippen molar-refractivity contribution in [3.63, 3.8) is 0 Å². The van der Waals surface area contributed by atoms with Crippen LogP contribution in [0, 0.1) is 17.6 Å². The van der Waals surface area contributed by atoms with E-state index in [-0.39, 0.29) is 16.9 Å². The first kappa shape index (κ1) is 18.5. The smallest absolute Gasteiger partial charge is 0.244 e. The number of rotatable bonds is 6. The van der Waals surface area contributed by atoms with Crippen molar-refractivity contribution in [1.29, 1.82) is 0 Å². The molecule has 0 radical (unpaired) electrons. The molecule has 1 unspecified atom stereocenters. The van der Waals surface area contributed by atoms with Crippen LogP contribution in [0.15, 0.2) is 21.5 Å². The van der Waals surface area contributed by atoms with Gasteiger partial charge in [-0.25, -0.2) is 21.9 Å². The van der Waals surface area contributed by atoms with Gasteiger partial charge in [-0.2, -0.15) is 0 Å². The van der Waals surface area contributed by atoms with Gasteiger partial charge in [-0.3, -0.25) is 0 Å². The van der Waals surface area contributed by atoms with Crippen LogP contribution in [-0.4, -0.2) is 25.7 Å². The van der Waals surface area contributed by atoms with Crippen molar-refractivity contribution in [2.24, 2.45) is 5.92 Å². The predicted molar refractivity (Wildman–Crippen MR) is 79.3 cm³/mol. The van der Waals surface area contributed by atoms with Crippen molar-refractivity contribution in [2.45, 2.75) is 37.7 Å². The highest BCUT2D eigenvalue weighted by Gasteiger charge is 2.28. The molecule has 0 aliphatic carbocycles. The highest BCUT2D eigenvalue weighted by atomic mass is 79.9. The van der Waals surface area contributed by atoms with E-state index in [4.69, 9.17) is 0 Å². The Bertz CT molecular complexity index is 595. The molecule has 0 aliphatic rings. The fraction of sp³-hybridized carbons (Fsp3) is 0.538. The lowest BCUT2D eigenvalue weighted by Gasteiger charge is -2.25. The molecule has 0 spiro atoms. The number of hydrogen-bond donors (Lipinski definition) is 2. The van der Waals surface area contributed by atoms with Crippen LogP contribution in [0.1, 0.15) is 27.2 Å². The first-order valence-corrected chi connectivity index (χ1v) is 8.59. The molecule has 0 amide bonds. The Morgan fingerprint density at radius 1 is 1.38 bits per heavy atom. The molecule has 21 heavy (non-hydrogen) atoms. The summed E-state index contributed by atoms with van der Waals surface area (Å²) < 4.78 is 52.8.